The number of aryl methyl sites for hydroxylation is 1. The maximum absolute atomic E-state index is 3.37. The fourth-order valence-electron chi connectivity index (χ4n) is 1.27. The summed E-state index contributed by atoms with van der Waals surface area (Å²) in [6.07, 6.45) is 0. The number of likely N-dealkylation sites (N-methyl/N-ethyl adjacent to an activating group) is 1. The van der Waals surface area contributed by atoms with E-state index in [9.17, 15) is 0 Å². The number of benzene rings is 1. The zero-order valence-electron chi connectivity index (χ0n) is 10.4. The molecular formula is C13H24N2. The van der Waals surface area contributed by atoms with Crippen LogP contribution in [0.1, 0.15) is 25.0 Å². The molecule has 2 N–H and O–H groups in total. The normalized spacial score (nSPS) is 9.33. The van der Waals surface area contributed by atoms with Gasteiger partial charge in [-0.05, 0) is 19.5 Å². The molecule has 0 spiro atoms. The van der Waals surface area contributed by atoms with E-state index in [0.717, 1.165) is 19.6 Å². The van der Waals surface area contributed by atoms with E-state index in [0.29, 0.717) is 0 Å². The molecule has 1 aromatic rings. The molecule has 0 unspecified atom stereocenters. The minimum atomic E-state index is 0.962. The summed E-state index contributed by atoms with van der Waals surface area (Å²) in [7, 11) is 1.97. The van der Waals surface area contributed by atoms with Crippen LogP contribution in [0.3, 0.4) is 0 Å². The molecule has 0 aliphatic heterocycles. The standard InChI is InChI=1S/C11H18N2.C2H6/c1-10-4-3-5-11(8-10)9-13-7-6-12-2;1-2/h3-5,8,12-13H,6-7,9H2,1-2H3;1-2H3. The second-order valence-electron chi connectivity index (χ2n) is 3.27. The summed E-state index contributed by atoms with van der Waals surface area (Å²) in [4.78, 5) is 0. The first kappa shape index (κ1) is 14.1. The van der Waals surface area contributed by atoms with Crippen molar-refractivity contribution in [2.75, 3.05) is 20.1 Å². The summed E-state index contributed by atoms with van der Waals surface area (Å²) in [5.74, 6) is 0. The van der Waals surface area contributed by atoms with Crippen molar-refractivity contribution < 1.29 is 0 Å². The third kappa shape index (κ3) is 7.11. The molecule has 0 atom stereocenters. The molecule has 0 aromatic heterocycles. The Morgan fingerprint density at radius 3 is 2.47 bits per heavy atom. The molecule has 0 bridgehead atoms. The van der Waals surface area contributed by atoms with E-state index in [1.807, 2.05) is 20.9 Å². The highest BCUT2D eigenvalue weighted by atomic mass is 14.9. The molecule has 2 heteroatoms. The lowest BCUT2D eigenvalue weighted by Gasteiger charge is -2.04. The lowest BCUT2D eigenvalue weighted by molar-refractivity contribution is 0.650. The second-order valence-corrected chi connectivity index (χ2v) is 3.27. The summed E-state index contributed by atoms with van der Waals surface area (Å²) >= 11 is 0. The van der Waals surface area contributed by atoms with Crippen molar-refractivity contribution in [1.29, 1.82) is 0 Å². The molecule has 0 aliphatic carbocycles. The van der Waals surface area contributed by atoms with E-state index in [1.165, 1.54) is 11.1 Å². The van der Waals surface area contributed by atoms with Gasteiger partial charge in [0.2, 0.25) is 0 Å². The van der Waals surface area contributed by atoms with Crippen molar-refractivity contribution >= 4 is 0 Å². The maximum atomic E-state index is 3.37. The van der Waals surface area contributed by atoms with Crippen LogP contribution in [0.15, 0.2) is 24.3 Å². The Labute approximate surface area is 94.1 Å². The van der Waals surface area contributed by atoms with Crippen molar-refractivity contribution in [1.82, 2.24) is 10.6 Å². The quantitative estimate of drug-likeness (QED) is 0.726. The Balaban J connectivity index is 0.000000921. The molecule has 0 saturated heterocycles. The zero-order valence-corrected chi connectivity index (χ0v) is 10.4. The topological polar surface area (TPSA) is 24.1 Å². The van der Waals surface area contributed by atoms with Crippen molar-refractivity contribution in [3.05, 3.63) is 35.4 Å². The maximum Gasteiger partial charge on any atom is 0.0206 e. The van der Waals surface area contributed by atoms with Crippen molar-refractivity contribution in [3.63, 3.8) is 0 Å². The van der Waals surface area contributed by atoms with Gasteiger partial charge in [-0.15, -0.1) is 0 Å². The SMILES string of the molecule is CC.CNCCNCc1cccc(C)c1. The van der Waals surface area contributed by atoms with Gasteiger partial charge in [-0.25, -0.2) is 0 Å². The molecule has 0 saturated carbocycles. The van der Waals surface area contributed by atoms with Crippen LogP contribution in [0.2, 0.25) is 0 Å². The van der Waals surface area contributed by atoms with Gasteiger partial charge in [-0.1, -0.05) is 43.7 Å². The first-order valence-electron chi connectivity index (χ1n) is 5.74. The minimum absolute atomic E-state index is 0.962. The second kappa shape index (κ2) is 9.69. The third-order valence-electron chi connectivity index (χ3n) is 1.96. The smallest absolute Gasteiger partial charge is 0.0206 e. The minimum Gasteiger partial charge on any atom is -0.318 e. The monoisotopic (exact) mass is 208 g/mol. The molecule has 0 aliphatic rings. The Kier molecular flexibility index (Phi) is 9.13. The van der Waals surface area contributed by atoms with E-state index in [-0.39, 0.29) is 0 Å². The van der Waals surface area contributed by atoms with E-state index < -0.39 is 0 Å². The lowest BCUT2D eigenvalue weighted by atomic mass is 10.1. The van der Waals surface area contributed by atoms with Crippen LogP contribution < -0.4 is 10.6 Å². The Morgan fingerprint density at radius 1 is 1.13 bits per heavy atom. The van der Waals surface area contributed by atoms with E-state index in [2.05, 4.69) is 41.8 Å². The predicted molar refractivity (Wildman–Crippen MR) is 68.2 cm³/mol. The van der Waals surface area contributed by atoms with Crippen LogP contribution in [-0.2, 0) is 6.54 Å². The largest absolute Gasteiger partial charge is 0.318 e. The van der Waals surface area contributed by atoms with Crippen LogP contribution in [-0.4, -0.2) is 20.1 Å². The van der Waals surface area contributed by atoms with Crippen LogP contribution in [0.25, 0.3) is 0 Å². The average molecular weight is 208 g/mol. The van der Waals surface area contributed by atoms with Crippen LogP contribution in [0, 0.1) is 6.92 Å². The summed E-state index contributed by atoms with van der Waals surface area (Å²) in [6.45, 7) is 9.12. The highest BCUT2D eigenvalue weighted by molar-refractivity contribution is 5.21. The van der Waals surface area contributed by atoms with Gasteiger partial charge in [-0.2, -0.15) is 0 Å². The lowest BCUT2D eigenvalue weighted by Crippen LogP contribution is -2.24. The average Bonchev–Trinajstić information content (AvgIpc) is 2.27. The number of hydrogen-bond donors (Lipinski definition) is 2. The summed E-state index contributed by atoms with van der Waals surface area (Å²) in [6, 6.07) is 8.59. The van der Waals surface area contributed by atoms with E-state index in [4.69, 9.17) is 0 Å². The highest BCUT2D eigenvalue weighted by Crippen LogP contribution is 2.02. The van der Waals surface area contributed by atoms with Crippen molar-refractivity contribution in [2.24, 2.45) is 0 Å². The van der Waals surface area contributed by atoms with Gasteiger partial charge >= 0.3 is 0 Å². The Bertz CT molecular complexity index is 246. The predicted octanol–water partition coefficient (Wildman–Crippen LogP) is 2.33. The fourth-order valence-corrected chi connectivity index (χ4v) is 1.27. The summed E-state index contributed by atoms with van der Waals surface area (Å²) < 4.78 is 0. The van der Waals surface area contributed by atoms with E-state index >= 15 is 0 Å². The molecule has 1 rings (SSSR count). The van der Waals surface area contributed by atoms with E-state index in [1.54, 1.807) is 0 Å². The van der Waals surface area contributed by atoms with Gasteiger partial charge in [0, 0.05) is 19.6 Å². The molecule has 0 radical (unpaired) electrons. The molecule has 1 aromatic carbocycles. The Morgan fingerprint density at radius 2 is 1.87 bits per heavy atom. The van der Waals surface area contributed by atoms with Gasteiger partial charge in [0.1, 0.15) is 0 Å². The molecule has 0 fully saturated rings. The molecule has 0 amide bonds. The van der Waals surface area contributed by atoms with Crippen LogP contribution >= 0.6 is 0 Å². The Hall–Kier alpha value is -0.860. The fraction of sp³-hybridized carbons (Fsp3) is 0.538. The third-order valence-corrected chi connectivity index (χ3v) is 1.96. The molecule has 0 heterocycles. The van der Waals surface area contributed by atoms with Gasteiger partial charge in [0.15, 0.2) is 0 Å². The number of nitrogens with one attached hydrogen (secondary N) is 2. The number of hydrogen-bond acceptors (Lipinski definition) is 2. The number of rotatable bonds is 5. The van der Waals surface area contributed by atoms with Crippen LogP contribution in [0.5, 0.6) is 0 Å². The molecule has 15 heavy (non-hydrogen) atoms. The highest BCUT2D eigenvalue weighted by Gasteiger charge is 1.91. The van der Waals surface area contributed by atoms with Crippen molar-refractivity contribution in [3.8, 4) is 0 Å². The van der Waals surface area contributed by atoms with Crippen LogP contribution in [0.4, 0.5) is 0 Å². The van der Waals surface area contributed by atoms with Gasteiger partial charge < -0.3 is 10.6 Å². The first-order chi connectivity index (χ1) is 7.33. The zero-order chi connectivity index (χ0) is 11.5. The van der Waals surface area contributed by atoms with Gasteiger partial charge in [0.25, 0.3) is 0 Å². The van der Waals surface area contributed by atoms with Crippen molar-refractivity contribution in [2.45, 2.75) is 27.3 Å². The molecular weight excluding hydrogens is 184 g/mol. The van der Waals surface area contributed by atoms with Gasteiger partial charge in [-0.3, -0.25) is 0 Å². The molecule has 86 valence electrons. The molecule has 2 nitrogen and oxygen atoms in total. The van der Waals surface area contributed by atoms with Gasteiger partial charge in [0.05, 0.1) is 0 Å². The summed E-state index contributed by atoms with van der Waals surface area (Å²) in [5, 5.41) is 6.47. The summed E-state index contributed by atoms with van der Waals surface area (Å²) in [5.41, 5.74) is 2.68. The first-order valence-corrected chi connectivity index (χ1v) is 5.74.